The van der Waals surface area contributed by atoms with Crippen LogP contribution < -0.4 is 0 Å². The Kier molecular flexibility index (Phi) is 8.65. The summed E-state index contributed by atoms with van der Waals surface area (Å²) in [6, 6.07) is 20.4. The molecule has 0 spiro atoms. The van der Waals surface area contributed by atoms with Crippen molar-refractivity contribution in [1.82, 2.24) is 0 Å². The van der Waals surface area contributed by atoms with Crippen LogP contribution in [0.4, 0.5) is 11.4 Å². The Morgan fingerprint density at radius 3 is 1.43 bits per heavy atom. The van der Waals surface area contributed by atoms with Crippen molar-refractivity contribution in [1.29, 1.82) is 0 Å². The Hall–Kier alpha value is -3.92. The van der Waals surface area contributed by atoms with Crippen LogP contribution in [0.1, 0.15) is 116 Å². The zero-order chi connectivity index (χ0) is 32.8. The molecule has 4 nitrogen and oxygen atoms in total. The minimum Gasteiger partial charge on any atom is -0.507 e. The molecule has 0 saturated carbocycles. The van der Waals surface area contributed by atoms with Gasteiger partial charge in [0.25, 0.3) is 0 Å². The predicted octanol–water partition coefficient (Wildman–Crippen LogP) is 10.9. The Labute approximate surface area is 264 Å². The SMILES string of the molecule is CC(C)(C)c1cc(C=Nc2ccc3ccccc3c2N=Cc2cc(C(C)(C)C)cc(C(C)(C)C)c2O)c(O)c(C(C)(C)C)c1. The molecule has 0 heterocycles. The first kappa shape index (κ1) is 33.0. The van der Waals surface area contributed by atoms with E-state index in [4.69, 9.17) is 9.98 Å². The molecule has 0 aliphatic heterocycles. The summed E-state index contributed by atoms with van der Waals surface area (Å²) in [6.45, 7) is 25.8. The van der Waals surface area contributed by atoms with E-state index < -0.39 is 0 Å². The summed E-state index contributed by atoms with van der Waals surface area (Å²) in [5.74, 6) is 0.497. The van der Waals surface area contributed by atoms with Crippen LogP contribution in [0, 0.1) is 0 Å². The number of aliphatic imine (C=N–C) groups is 2. The molecule has 0 bridgehead atoms. The van der Waals surface area contributed by atoms with Crippen molar-refractivity contribution in [2.75, 3.05) is 0 Å². The van der Waals surface area contributed by atoms with Crippen LogP contribution in [0.2, 0.25) is 0 Å². The second kappa shape index (κ2) is 11.5. The summed E-state index contributed by atoms with van der Waals surface area (Å²) in [6.07, 6.45) is 3.51. The number of hydrogen-bond donors (Lipinski definition) is 2. The Bertz CT molecular complexity index is 1750. The number of rotatable bonds is 4. The fourth-order valence-corrected chi connectivity index (χ4v) is 5.28. The molecule has 0 atom stereocenters. The lowest BCUT2D eigenvalue weighted by Gasteiger charge is -2.27. The molecule has 4 aromatic carbocycles. The zero-order valence-corrected chi connectivity index (χ0v) is 28.7. The number of hydrogen-bond acceptors (Lipinski definition) is 4. The van der Waals surface area contributed by atoms with Gasteiger partial charge in [-0.2, -0.15) is 0 Å². The maximum Gasteiger partial charge on any atom is 0.128 e. The third kappa shape index (κ3) is 7.07. The first-order chi connectivity index (χ1) is 20.2. The quantitative estimate of drug-likeness (QED) is 0.232. The second-order valence-corrected chi connectivity index (χ2v) is 16.1. The fourth-order valence-electron chi connectivity index (χ4n) is 5.28. The van der Waals surface area contributed by atoms with Gasteiger partial charge in [-0.15, -0.1) is 0 Å². The molecule has 0 aromatic heterocycles. The van der Waals surface area contributed by atoms with Gasteiger partial charge in [-0.25, -0.2) is 0 Å². The van der Waals surface area contributed by atoms with E-state index in [-0.39, 0.29) is 33.2 Å². The molecule has 0 aliphatic rings. The van der Waals surface area contributed by atoms with E-state index in [1.807, 2.05) is 42.5 Å². The molecule has 232 valence electrons. The van der Waals surface area contributed by atoms with Gasteiger partial charge in [0.15, 0.2) is 0 Å². The maximum absolute atomic E-state index is 11.4. The highest BCUT2D eigenvalue weighted by atomic mass is 16.3. The van der Waals surface area contributed by atoms with Crippen LogP contribution in [0.25, 0.3) is 10.8 Å². The first-order valence-corrected chi connectivity index (χ1v) is 15.5. The smallest absolute Gasteiger partial charge is 0.128 e. The van der Waals surface area contributed by atoms with E-state index in [1.54, 1.807) is 12.4 Å². The lowest BCUT2D eigenvalue weighted by molar-refractivity contribution is 0.443. The zero-order valence-electron chi connectivity index (χ0n) is 28.7. The van der Waals surface area contributed by atoms with Crippen molar-refractivity contribution in [3.05, 3.63) is 94.0 Å². The van der Waals surface area contributed by atoms with E-state index in [1.165, 1.54) is 0 Å². The van der Waals surface area contributed by atoms with Crippen molar-refractivity contribution in [2.24, 2.45) is 9.98 Å². The molecule has 0 unspecified atom stereocenters. The van der Waals surface area contributed by atoms with Crippen LogP contribution in [0.5, 0.6) is 11.5 Å². The van der Waals surface area contributed by atoms with Crippen molar-refractivity contribution < 1.29 is 10.2 Å². The van der Waals surface area contributed by atoms with Gasteiger partial charge in [0, 0.05) is 40.1 Å². The average Bonchev–Trinajstić information content (AvgIpc) is 2.89. The molecular weight excluding hydrogens is 540 g/mol. The van der Waals surface area contributed by atoms with Crippen LogP contribution in [0.15, 0.2) is 70.6 Å². The van der Waals surface area contributed by atoms with Gasteiger partial charge >= 0.3 is 0 Å². The summed E-state index contributed by atoms with van der Waals surface area (Å²) >= 11 is 0. The van der Waals surface area contributed by atoms with E-state index >= 15 is 0 Å². The van der Waals surface area contributed by atoms with Crippen LogP contribution in [-0.4, -0.2) is 22.6 Å². The maximum atomic E-state index is 11.4. The van der Waals surface area contributed by atoms with E-state index in [0.717, 1.165) is 33.0 Å². The lowest BCUT2D eigenvalue weighted by Crippen LogP contribution is -2.17. The highest BCUT2D eigenvalue weighted by Gasteiger charge is 2.26. The first-order valence-electron chi connectivity index (χ1n) is 15.5. The van der Waals surface area contributed by atoms with Gasteiger partial charge in [0.05, 0.1) is 11.4 Å². The van der Waals surface area contributed by atoms with Crippen LogP contribution >= 0.6 is 0 Å². The summed E-state index contributed by atoms with van der Waals surface area (Å²) < 4.78 is 0. The largest absolute Gasteiger partial charge is 0.507 e. The Balaban J connectivity index is 1.92. The Morgan fingerprint density at radius 2 is 0.977 bits per heavy atom. The molecule has 0 aliphatic carbocycles. The molecule has 2 N–H and O–H groups in total. The van der Waals surface area contributed by atoms with E-state index in [2.05, 4.69) is 101 Å². The third-order valence-electron chi connectivity index (χ3n) is 8.18. The number of phenols is 2. The number of nitrogens with zero attached hydrogens (tertiary/aromatic N) is 2. The van der Waals surface area contributed by atoms with Gasteiger partial charge in [-0.05, 0) is 56.4 Å². The van der Waals surface area contributed by atoms with Crippen molar-refractivity contribution in [2.45, 2.75) is 105 Å². The minimum absolute atomic E-state index is 0.0931. The summed E-state index contributed by atoms with van der Waals surface area (Å²) in [5.41, 5.74) is 6.15. The van der Waals surface area contributed by atoms with Crippen molar-refractivity contribution in [3.63, 3.8) is 0 Å². The van der Waals surface area contributed by atoms with Gasteiger partial charge in [-0.3, -0.25) is 9.98 Å². The molecule has 4 aromatic rings. The highest BCUT2D eigenvalue weighted by Crippen LogP contribution is 2.41. The summed E-state index contributed by atoms with van der Waals surface area (Å²) in [7, 11) is 0. The highest BCUT2D eigenvalue weighted by molar-refractivity contribution is 6.02. The van der Waals surface area contributed by atoms with Gasteiger partial charge in [-0.1, -0.05) is 126 Å². The normalized spacial score (nSPS) is 13.5. The summed E-state index contributed by atoms with van der Waals surface area (Å²) in [5, 5.41) is 24.8. The number of fused-ring (bicyclic) bond motifs is 1. The number of aromatic hydroxyl groups is 2. The molecule has 0 amide bonds. The number of phenolic OH excluding ortho intramolecular Hbond substituents is 2. The Morgan fingerprint density at radius 1 is 0.523 bits per heavy atom. The van der Waals surface area contributed by atoms with Crippen LogP contribution in [-0.2, 0) is 21.7 Å². The molecule has 0 saturated heterocycles. The predicted molar refractivity (Wildman–Crippen MR) is 189 cm³/mol. The standard InChI is InChI=1S/C40H50N2O2/c1-37(2,3)28-19-26(35(43)31(21-28)39(7,8)9)23-41-33-18-17-25-15-13-14-16-30(25)34(33)42-24-27-20-29(38(4,5)6)22-32(36(27)44)40(10,11)12/h13-24,43-44H,1-12H3. The molecule has 0 fully saturated rings. The third-order valence-corrected chi connectivity index (χ3v) is 8.18. The van der Waals surface area contributed by atoms with Gasteiger partial charge in [0.1, 0.15) is 11.5 Å². The molecular formula is C40H50N2O2. The summed E-state index contributed by atoms with van der Waals surface area (Å²) in [4.78, 5) is 9.92. The molecule has 4 rings (SSSR count). The van der Waals surface area contributed by atoms with Gasteiger partial charge < -0.3 is 10.2 Å². The van der Waals surface area contributed by atoms with E-state index in [9.17, 15) is 10.2 Å². The molecule has 44 heavy (non-hydrogen) atoms. The van der Waals surface area contributed by atoms with Crippen molar-refractivity contribution in [3.8, 4) is 11.5 Å². The topological polar surface area (TPSA) is 65.2 Å². The minimum atomic E-state index is -0.238. The molecule has 4 heteroatoms. The van der Waals surface area contributed by atoms with Gasteiger partial charge in [0.2, 0.25) is 0 Å². The monoisotopic (exact) mass is 590 g/mol. The lowest BCUT2D eigenvalue weighted by atomic mass is 9.79. The van der Waals surface area contributed by atoms with Crippen molar-refractivity contribution >= 4 is 34.6 Å². The molecule has 0 radical (unpaired) electrons. The average molecular weight is 591 g/mol. The van der Waals surface area contributed by atoms with Crippen LogP contribution in [0.3, 0.4) is 0 Å². The second-order valence-electron chi connectivity index (χ2n) is 16.1. The number of benzene rings is 4. The fraction of sp³-hybridized carbons (Fsp3) is 0.400. The van der Waals surface area contributed by atoms with E-state index in [0.29, 0.717) is 22.5 Å².